The van der Waals surface area contributed by atoms with Gasteiger partial charge in [-0.2, -0.15) is 5.10 Å². The Balaban J connectivity index is 1.63. The molecule has 1 aliphatic carbocycles. The number of hydrogen-bond donors (Lipinski definition) is 1. The van der Waals surface area contributed by atoms with Crippen LogP contribution in [0.25, 0.3) is 0 Å². The SMILES string of the molecule is CC1CCc2sc(C(=O)NC(C)Cn3cccn3)cc2C1. The molecule has 1 aliphatic rings. The summed E-state index contributed by atoms with van der Waals surface area (Å²) < 4.78 is 1.84. The summed E-state index contributed by atoms with van der Waals surface area (Å²) in [6, 6.07) is 4.05. The van der Waals surface area contributed by atoms with Gasteiger partial charge in [0.05, 0.1) is 11.4 Å². The number of hydrogen-bond acceptors (Lipinski definition) is 3. The number of amides is 1. The quantitative estimate of drug-likeness (QED) is 0.944. The van der Waals surface area contributed by atoms with Crippen LogP contribution < -0.4 is 5.32 Å². The molecule has 0 saturated carbocycles. The summed E-state index contributed by atoms with van der Waals surface area (Å²) >= 11 is 1.66. The minimum atomic E-state index is 0.0432. The molecule has 0 aromatic carbocycles. The Morgan fingerprint density at radius 3 is 3.24 bits per heavy atom. The average Bonchev–Trinajstić information content (AvgIpc) is 3.06. The monoisotopic (exact) mass is 303 g/mol. The largest absolute Gasteiger partial charge is 0.347 e. The van der Waals surface area contributed by atoms with Crippen LogP contribution in [-0.2, 0) is 19.4 Å². The Hall–Kier alpha value is -1.62. The van der Waals surface area contributed by atoms with E-state index in [1.54, 1.807) is 17.5 Å². The van der Waals surface area contributed by atoms with E-state index in [0.717, 1.165) is 23.6 Å². The minimum Gasteiger partial charge on any atom is -0.347 e. The summed E-state index contributed by atoms with van der Waals surface area (Å²) in [5, 5.41) is 7.23. The van der Waals surface area contributed by atoms with Gasteiger partial charge in [0, 0.05) is 23.3 Å². The third kappa shape index (κ3) is 3.35. The molecular weight excluding hydrogens is 282 g/mol. The van der Waals surface area contributed by atoms with Gasteiger partial charge in [0.1, 0.15) is 0 Å². The van der Waals surface area contributed by atoms with Crippen molar-refractivity contribution in [3.05, 3.63) is 39.8 Å². The second kappa shape index (κ2) is 6.02. The van der Waals surface area contributed by atoms with Crippen molar-refractivity contribution in [1.82, 2.24) is 15.1 Å². The van der Waals surface area contributed by atoms with E-state index in [-0.39, 0.29) is 11.9 Å². The zero-order valence-electron chi connectivity index (χ0n) is 12.5. The van der Waals surface area contributed by atoms with Crippen LogP contribution in [0.1, 0.15) is 40.4 Å². The number of carbonyl (C=O) groups is 1. The lowest BCUT2D eigenvalue weighted by Gasteiger charge is -2.16. The fourth-order valence-corrected chi connectivity index (χ4v) is 3.96. The van der Waals surface area contributed by atoms with Gasteiger partial charge in [0.2, 0.25) is 0 Å². The second-order valence-electron chi connectivity index (χ2n) is 6.01. The first-order chi connectivity index (χ1) is 10.1. The Morgan fingerprint density at radius 1 is 1.62 bits per heavy atom. The Kier molecular flexibility index (Phi) is 4.10. The van der Waals surface area contributed by atoms with Crippen LogP contribution >= 0.6 is 11.3 Å². The Labute approximate surface area is 129 Å². The van der Waals surface area contributed by atoms with Crippen LogP contribution in [0.3, 0.4) is 0 Å². The highest BCUT2D eigenvalue weighted by atomic mass is 32.1. The maximum absolute atomic E-state index is 12.4. The molecule has 2 aromatic rings. The lowest BCUT2D eigenvalue weighted by molar-refractivity contribution is 0.0940. The van der Waals surface area contributed by atoms with Gasteiger partial charge in [-0.05, 0) is 49.8 Å². The zero-order valence-corrected chi connectivity index (χ0v) is 13.3. The molecule has 2 aromatic heterocycles. The van der Waals surface area contributed by atoms with Crippen molar-refractivity contribution in [2.24, 2.45) is 5.92 Å². The molecule has 2 atom stereocenters. The maximum Gasteiger partial charge on any atom is 0.261 e. The topological polar surface area (TPSA) is 46.9 Å². The number of nitrogens with one attached hydrogen (secondary N) is 1. The van der Waals surface area contributed by atoms with Crippen LogP contribution in [0.2, 0.25) is 0 Å². The van der Waals surface area contributed by atoms with E-state index in [0.29, 0.717) is 6.54 Å². The molecule has 0 spiro atoms. The normalized spacial score (nSPS) is 19.0. The molecule has 2 heterocycles. The van der Waals surface area contributed by atoms with E-state index < -0.39 is 0 Å². The van der Waals surface area contributed by atoms with Gasteiger partial charge in [-0.25, -0.2) is 0 Å². The summed E-state index contributed by atoms with van der Waals surface area (Å²) in [6.07, 6.45) is 7.14. The number of aromatic nitrogens is 2. The second-order valence-corrected chi connectivity index (χ2v) is 7.15. The molecule has 3 rings (SSSR count). The van der Waals surface area contributed by atoms with Crippen LogP contribution in [0.15, 0.2) is 24.5 Å². The first kappa shape index (κ1) is 14.3. The summed E-state index contributed by atoms with van der Waals surface area (Å²) in [5.41, 5.74) is 1.38. The fraction of sp³-hybridized carbons (Fsp3) is 0.500. The third-order valence-electron chi connectivity index (χ3n) is 3.95. The average molecular weight is 303 g/mol. The number of fused-ring (bicyclic) bond motifs is 1. The van der Waals surface area contributed by atoms with E-state index >= 15 is 0 Å². The molecular formula is C16H21N3OS. The molecule has 112 valence electrons. The molecule has 5 heteroatoms. The lowest BCUT2D eigenvalue weighted by atomic mass is 9.90. The van der Waals surface area contributed by atoms with Crippen molar-refractivity contribution in [3.63, 3.8) is 0 Å². The number of carbonyl (C=O) groups excluding carboxylic acids is 1. The summed E-state index contributed by atoms with van der Waals surface area (Å²) in [7, 11) is 0. The van der Waals surface area contributed by atoms with Gasteiger partial charge in [0.25, 0.3) is 5.91 Å². The van der Waals surface area contributed by atoms with E-state index in [1.165, 1.54) is 16.9 Å². The predicted octanol–water partition coefficient (Wildman–Crippen LogP) is 2.89. The highest BCUT2D eigenvalue weighted by Crippen LogP contribution is 2.32. The first-order valence-electron chi connectivity index (χ1n) is 7.51. The third-order valence-corrected chi connectivity index (χ3v) is 5.19. The maximum atomic E-state index is 12.4. The smallest absolute Gasteiger partial charge is 0.261 e. The van der Waals surface area contributed by atoms with Crippen LogP contribution in [0.5, 0.6) is 0 Å². The predicted molar refractivity (Wildman–Crippen MR) is 84.7 cm³/mol. The van der Waals surface area contributed by atoms with Gasteiger partial charge < -0.3 is 5.32 Å². The zero-order chi connectivity index (χ0) is 14.8. The lowest BCUT2D eigenvalue weighted by Crippen LogP contribution is -2.35. The highest BCUT2D eigenvalue weighted by Gasteiger charge is 2.21. The molecule has 0 saturated heterocycles. The van der Waals surface area contributed by atoms with Crippen LogP contribution in [-0.4, -0.2) is 21.7 Å². The summed E-state index contributed by atoms with van der Waals surface area (Å²) in [5.74, 6) is 0.781. The van der Waals surface area contributed by atoms with Crippen molar-refractivity contribution in [2.45, 2.75) is 45.7 Å². The van der Waals surface area contributed by atoms with Crippen molar-refractivity contribution in [3.8, 4) is 0 Å². The van der Waals surface area contributed by atoms with E-state index in [4.69, 9.17) is 0 Å². The molecule has 1 amide bonds. The molecule has 0 aliphatic heterocycles. The van der Waals surface area contributed by atoms with Gasteiger partial charge >= 0.3 is 0 Å². The Morgan fingerprint density at radius 2 is 2.48 bits per heavy atom. The van der Waals surface area contributed by atoms with Crippen molar-refractivity contribution >= 4 is 17.2 Å². The molecule has 0 bridgehead atoms. The number of aryl methyl sites for hydroxylation is 1. The van der Waals surface area contributed by atoms with Gasteiger partial charge in [-0.15, -0.1) is 11.3 Å². The van der Waals surface area contributed by atoms with Crippen molar-refractivity contribution in [1.29, 1.82) is 0 Å². The van der Waals surface area contributed by atoms with Gasteiger partial charge in [-0.1, -0.05) is 6.92 Å². The molecule has 0 radical (unpaired) electrons. The van der Waals surface area contributed by atoms with Gasteiger partial charge in [0.15, 0.2) is 0 Å². The Bertz CT molecular complexity index is 618. The molecule has 4 nitrogen and oxygen atoms in total. The molecule has 0 fully saturated rings. The standard InChI is InChI=1S/C16H21N3OS/c1-11-4-5-14-13(8-11)9-15(21-14)16(20)18-12(2)10-19-7-3-6-17-19/h3,6-7,9,11-12H,4-5,8,10H2,1-2H3,(H,18,20). The number of thiophene rings is 1. The van der Waals surface area contributed by atoms with Gasteiger partial charge in [-0.3, -0.25) is 9.48 Å². The first-order valence-corrected chi connectivity index (χ1v) is 8.33. The molecule has 21 heavy (non-hydrogen) atoms. The van der Waals surface area contributed by atoms with Crippen molar-refractivity contribution < 1.29 is 4.79 Å². The molecule has 2 unspecified atom stereocenters. The number of rotatable bonds is 4. The van der Waals surface area contributed by atoms with E-state index in [1.807, 2.05) is 23.9 Å². The van der Waals surface area contributed by atoms with E-state index in [9.17, 15) is 4.79 Å². The molecule has 1 N–H and O–H groups in total. The van der Waals surface area contributed by atoms with E-state index in [2.05, 4.69) is 23.4 Å². The summed E-state index contributed by atoms with van der Waals surface area (Å²) in [6.45, 7) is 4.99. The van der Waals surface area contributed by atoms with Crippen LogP contribution in [0, 0.1) is 5.92 Å². The minimum absolute atomic E-state index is 0.0432. The van der Waals surface area contributed by atoms with Crippen molar-refractivity contribution in [2.75, 3.05) is 0 Å². The number of nitrogens with zero attached hydrogens (tertiary/aromatic N) is 2. The summed E-state index contributed by atoms with van der Waals surface area (Å²) in [4.78, 5) is 14.6. The fourth-order valence-electron chi connectivity index (χ4n) is 2.85. The highest BCUT2D eigenvalue weighted by molar-refractivity contribution is 7.14. The van der Waals surface area contributed by atoms with Crippen LogP contribution in [0.4, 0.5) is 0 Å².